The van der Waals surface area contributed by atoms with E-state index in [1.165, 1.54) is 0 Å². The normalized spacial score (nSPS) is 12.8. The molecule has 0 saturated carbocycles. The van der Waals surface area contributed by atoms with E-state index in [9.17, 15) is 18.0 Å². The number of carbonyl (C=O) groups excluding carboxylic acids is 1. The Labute approximate surface area is 201 Å². The van der Waals surface area contributed by atoms with Crippen molar-refractivity contribution in [2.45, 2.75) is 51.7 Å². The third kappa shape index (κ3) is 5.34. The number of nitrogens with zero attached hydrogens (tertiary/aromatic N) is 4. The lowest BCUT2D eigenvalue weighted by molar-refractivity contribution is -0.144. The minimum Gasteiger partial charge on any atom is -0.353 e. The number of carbonyl (C=O) groups is 1. The number of amides is 1. The second-order valence-corrected chi connectivity index (χ2v) is 8.56. The van der Waals surface area contributed by atoms with Crippen molar-refractivity contribution in [1.29, 1.82) is 0 Å². The van der Waals surface area contributed by atoms with Gasteiger partial charge in [0.05, 0.1) is 0 Å². The van der Waals surface area contributed by atoms with Crippen molar-refractivity contribution in [3.05, 3.63) is 94.6 Å². The van der Waals surface area contributed by atoms with Gasteiger partial charge >= 0.3 is 6.18 Å². The molecule has 2 aromatic heterocycles. The van der Waals surface area contributed by atoms with Crippen LogP contribution in [0.25, 0.3) is 5.78 Å². The predicted octanol–water partition coefficient (Wildman–Crippen LogP) is 5.03. The smallest absolute Gasteiger partial charge is 0.353 e. The molecule has 1 atom stereocenters. The summed E-state index contributed by atoms with van der Waals surface area (Å²) in [5.41, 5.74) is 3.90. The quantitative estimate of drug-likeness (QED) is 0.402. The van der Waals surface area contributed by atoms with Gasteiger partial charge in [-0.25, -0.2) is 9.50 Å². The van der Waals surface area contributed by atoms with Gasteiger partial charge in [0.15, 0.2) is 0 Å². The topological polar surface area (TPSA) is 72.2 Å². The molecule has 2 heterocycles. The zero-order chi connectivity index (χ0) is 25.2. The lowest BCUT2D eigenvalue weighted by Crippen LogP contribution is -2.37. The standard InChI is InChI=1S/C26H26F3N5O/c1-16-21(18(3)34-25(31-16)32-24(33-34)26(27,28)29)14-15-22(35)30-17(2)23(19-10-6-4-7-11-19)20-12-8-5-9-13-20/h4-13,17,23H,14-15H2,1-3H3,(H,30,35). The average molecular weight is 482 g/mol. The van der Waals surface area contributed by atoms with E-state index in [2.05, 4.69) is 20.4 Å². The zero-order valence-electron chi connectivity index (χ0n) is 19.7. The van der Waals surface area contributed by atoms with Gasteiger partial charge in [-0.1, -0.05) is 60.7 Å². The first-order valence-corrected chi connectivity index (χ1v) is 11.3. The summed E-state index contributed by atoms with van der Waals surface area (Å²) in [7, 11) is 0. The fraction of sp³-hybridized carbons (Fsp3) is 0.308. The van der Waals surface area contributed by atoms with Gasteiger partial charge in [-0.2, -0.15) is 18.2 Å². The number of rotatable bonds is 7. The molecule has 1 N–H and O–H groups in total. The van der Waals surface area contributed by atoms with Crippen LogP contribution in [0, 0.1) is 13.8 Å². The molecule has 1 amide bonds. The van der Waals surface area contributed by atoms with Crippen LogP contribution in [0.2, 0.25) is 0 Å². The van der Waals surface area contributed by atoms with Crippen molar-refractivity contribution >= 4 is 11.7 Å². The first-order valence-electron chi connectivity index (χ1n) is 11.3. The second kappa shape index (κ2) is 9.85. The summed E-state index contributed by atoms with van der Waals surface area (Å²) in [5, 5.41) is 6.67. The number of hydrogen-bond acceptors (Lipinski definition) is 4. The summed E-state index contributed by atoms with van der Waals surface area (Å²) >= 11 is 0. The van der Waals surface area contributed by atoms with Crippen molar-refractivity contribution in [1.82, 2.24) is 24.9 Å². The first kappa shape index (κ1) is 24.4. The van der Waals surface area contributed by atoms with Crippen molar-refractivity contribution in [2.24, 2.45) is 0 Å². The molecule has 4 rings (SSSR count). The van der Waals surface area contributed by atoms with Gasteiger partial charge in [-0.3, -0.25) is 4.79 Å². The number of nitrogens with one attached hydrogen (secondary N) is 1. The van der Waals surface area contributed by atoms with Gasteiger partial charge in [0.1, 0.15) is 0 Å². The fourth-order valence-electron chi connectivity index (χ4n) is 4.43. The number of aryl methyl sites for hydroxylation is 2. The Balaban J connectivity index is 1.50. The van der Waals surface area contributed by atoms with Crippen LogP contribution in [0.15, 0.2) is 60.7 Å². The molecule has 0 fully saturated rings. The highest BCUT2D eigenvalue weighted by atomic mass is 19.4. The molecule has 2 aromatic carbocycles. The Morgan fingerprint density at radius 1 is 0.971 bits per heavy atom. The SMILES string of the molecule is Cc1nc2nc(C(F)(F)F)nn2c(C)c1CCC(=O)NC(C)C(c1ccccc1)c1ccccc1. The lowest BCUT2D eigenvalue weighted by Gasteiger charge is -2.26. The maximum Gasteiger partial charge on any atom is 0.453 e. The molecule has 4 aromatic rings. The summed E-state index contributed by atoms with van der Waals surface area (Å²) in [6, 6.07) is 19.8. The summed E-state index contributed by atoms with van der Waals surface area (Å²) in [6.07, 6.45) is -4.17. The van der Waals surface area contributed by atoms with E-state index in [0.717, 1.165) is 15.6 Å². The molecule has 0 aliphatic rings. The van der Waals surface area contributed by atoms with Gasteiger partial charge in [0.2, 0.25) is 5.91 Å². The molecule has 182 valence electrons. The van der Waals surface area contributed by atoms with Gasteiger partial charge in [-0.15, -0.1) is 5.10 Å². The first-order chi connectivity index (χ1) is 16.6. The third-order valence-corrected chi connectivity index (χ3v) is 6.11. The van der Waals surface area contributed by atoms with Gasteiger partial charge in [-0.05, 0) is 43.9 Å². The van der Waals surface area contributed by atoms with Crippen LogP contribution in [0.1, 0.15) is 53.2 Å². The van der Waals surface area contributed by atoms with E-state index >= 15 is 0 Å². The van der Waals surface area contributed by atoms with E-state index < -0.39 is 12.0 Å². The molecule has 0 saturated heterocycles. The third-order valence-electron chi connectivity index (χ3n) is 6.11. The molecule has 0 spiro atoms. The van der Waals surface area contributed by atoms with Crippen molar-refractivity contribution in [2.75, 3.05) is 0 Å². The molecule has 1 unspecified atom stereocenters. The maximum atomic E-state index is 13.0. The van der Waals surface area contributed by atoms with E-state index in [1.807, 2.05) is 67.6 Å². The molecule has 0 aliphatic heterocycles. The number of halogens is 3. The number of fused-ring (bicyclic) bond motifs is 1. The lowest BCUT2D eigenvalue weighted by atomic mass is 9.85. The van der Waals surface area contributed by atoms with Crippen molar-refractivity contribution in [3.8, 4) is 0 Å². The largest absolute Gasteiger partial charge is 0.453 e. The number of benzene rings is 2. The van der Waals surface area contributed by atoms with Crippen LogP contribution in [0.4, 0.5) is 13.2 Å². The summed E-state index contributed by atoms with van der Waals surface area (Å²) in [6.45, 7) is 5.33. The number of aromatic nitrogens is 4. The van der Waals surface area contributed by atoms with Crippen LogP contribution in [-0.2, 0) is 17.4 Å². The highest BCUT2D eigenvalue weighted by Gasteiger charge is 2.37. The van der Waals surface area contributed by atoms with E-state index in [4.69, 9.17) is 0 Å². The number of hydrogen-bond donors (Lipinski definition) is 1. The van der Waals surface area contributed by atoms with Crippen LogP contribution in [0.3, 0.4) is 0 Å². The van der Waals surface area contributed by atoms with E-state index in [0.29, 0.717) is 23.4 Å². The Hall–Kier alpha value is -3.75. The molecular formula is C26H26F3N5O. The van der Waals surface area contributed by atoms with Gasteiger partial charge in [0.25, 0.3) is 11.6 Å². The maximum absolute atomic E-state index is 13.0. The Bertz CT molecular complexity index is 1280. The Kier molecular flexibility index (Phi) is 6.86. The highest BCUT2D eigenvalue weighted by Crippen LogP contribution is 2.29. The van der Waals surface area contributed by atoms with Crippen molar-refractivity contribution in [3.63, 3.8) is 0 Å². The predicted molar refractivity (Wildman–Crippen MR) is 126 cm³/mol. The Morgan fingerprint density at radius 2 is 1.54 bits per heavy atom. The van der Waals surface area contributed by atoms with Crippen molar-refractivity contribution < 1.29 is 18.0 Å². The van der Waals surface area contributed by atoms with Gasteiger partial charge in [0, 0.05) is 29.8 Å². The molecule has 0 aliphatic carbocycles. The van der Waals surface area contributed by atoms with Crippen LogP contribution in [0.5, 0.6) is 0 Å². The van der Waals surface area contributed by atoms with E-state index in [1.54, 1.807) is 13.8 Å². The second-order valence-electron chi connectivity index (χ2n) is 8.56. The molecule has 0 bridgehead atoms. The fourth-order valence-corrected chi connectivity index (χ4v) is 4.43. The highest BCUT2D eigenvalue weighted by molar-refractivity contribution is 5.76. The zero-order valence-corrected chi connectivity index (χ0v) is 19.7. The van der Waals surface area contributed by atoms with Crippen LogP contribution < -0.4 is 5.32 Å². The van der Waals surface area contributed by atoms with Gasteiger partial charge < -0.3 is 5.32 Å². The minimum absolute atomic E-state index is 0.0289. The summed E-state index contributed by atoms with van der Waals surface area (Å²) in [5.74, 6) is -1.52. The molecular weight excluding hydrogens is 455 g/mol. The molecule has 9 heteroatoms. The van der Waals surface area contributed by atoms with E-state index in [-0.39, 0.29) is 30.1 Å². The minimum atomic E-state index is -4.65. The Morgan fingerprint density at radius 3 is 2.09 bits per heavy atom. The molecule has 0 radical (unpaired) electrons. The van der Waals surface area contributed by atoms with Crippen LogP contribution in [-0.4, -0.2) is 31.5 Å². The summed E-state index contributed by atoms with van der Waals surface area (Å²) < 4.78 is 40.2. The average Bonchev–Trinajstić information content (AvgIpc) is 3.25. The molecule has 6 nitrogen and oxygen atoms in total. The van der Waals surface area contributed by atoms with Crippen LogP contribution >= 0.6 is 0 Å². The molecule has 35 heavy (non-hydrogen) atoms. The monoisotopic (exact) mass is 481 g/mol. The summed E-state index contributed by atoms with van der Waals surface area (Å²) in [4.78, 5) is 20.6. The number of alkyl halides is 3.